The topological polar surface area (TPSA) is 94.1 Å². The highest BCUT2D eigenvalue weighted by atomic mass is 16.7. The Morgan fingerprint density at radius 3 is 2.26 bits per heavy atom. The van der Waals surface area contributed by atoms with Crippen molar-refractivity contribution in [3.05, 3.63) is 89.0 Å². The Labute approximate surface area is 198 Å². The summed E-state index contributed by atoms with van der Waals surface area (Å²) in [5.74, 6) is -0.173. The average molecular weight is 462 g/mol. The van der Waals surface area contributed by atoms with Gasteiger partial charge in [-0.1, -0.05) is 36.4 Å². The molecular formula is C27H27NO6. The number of hydrogen-bond donors (Lipinski definition) is 2. The Morgan fingerprint density at radius 1 is 0.941 bits per heavy atom. The molecule has 0 fully saturated rings. The molecule has 1 aliphatic rings. The van der Waals surface area contributed by atoms with Crippen LogP contribution in [0.5, 0.6) is 17.2 Å². The van der Waals surface area contributed by atoms with Crippen LogP contribution in [-0.4, -0.2) is 35.9 Å². The van der Waals surface area contributed by atoms with Gasteiger partial charge in [-0.05, 0) is 53.9 Å². The predicted molar refractivity (Wildman–Crippen MR) is 127 cm³/mol. The third-order valence-corrected chi connectivity index (χ3v) is 5.88. The van der Waals surface area contributed by atoms with E-state index >= 15 is 0 Å². The predicted octanol–water partition coefficient (Wildman–Crippen LogP) is 4.16. The standard InChI is InChI=1S/C27H27NO6/c1-17-7-6-10-22(13-17)33-18(2)34-24-14-19(11-12-23(24)32-3)25(29)28-27(26(30)31)15-20-8-4-5-9-21(20)16-27/h4-14,18H,15-16H2,1-3H3,(H,28,29)(H,30,31). The molecule has 34 heavy (non-hydrogen) atoms. The molecule has 0 saturated carbocycles. The molecule has 0 saturated heterocycles. The van der Waals surface area contributed by atoms with Gasteiger partial charge in [-0.25, -0.2) is 4.79 Å². The second-order valence-electron chi connectivity index (χ2n) is 8.45. The normalized spacial score (nSPS) is 14.6. The fourth-order valence-corrected chi connectivity index (χ4v) is 4.19. The lowest BCUT2D eigenvalue weighted by Crippen LogP contribution is -2.55. The Kier molecular flexibility index (Phi) is 6.45. The minimum Gasteiger partial charge on any atom is -0.493 e. The van der Waals surface area contributed by atoms with Crippen LogP contribution < -0.4 is 19.5 Å². The molecule has 1 unspecified atom stereocenters. The molecule has 1 amide bonds. The van der Waals surface area contributed by atoms with Crippen LogP contribution in [0.4, 0.5) is 0 Å². The average Bonchev–Trinajstić information content (AvgIpc) is 3.18. The molecule has 176 valence electrons. The van der Waals surface area contributed by atoms with E-state index in [4.69, 9.17) is 14.2 Å². The largest absolute Gasteiger partial charge is 0.493 e. The zero-order valence-corrected chi connectivity index (χ0v) is 19.3. The number of carbonyl (C=O) groups excluding carboxylic acids is 1. The maximum Gasteiger partial charge on any atom is 0.330 e. The van der Waals surface area contributed by atoms with Gasteiger partial charge in [-0.15, -0.1) is 0 Å². The summed E-state index contributed by atoms with van der Waals surface area (Å²) in [5.41, 5.74) is 1.76. The number of benzene rings is 3. The van der Waals surface area contributed by atoms with Crippen LogP contribution in [0.3, 0.4) is 0 Å². The fraction of sp³-hybridized carbons (Fsp3) is 0.259. The molecule has 0 radical (unpaired) electrons. The zero-order chi connectivity index (χ0) is 24.3. The number of ether oxygens (including phenoxy) is 3. The van der Waals surface area contributed by atoms with E-state index in [-0.39, 0.29) is 18.4 Å². The van der Waals surface area contributed by atoms with Crippen LogP contribution in [-0.2, 0) is 17.6 Å². The van der Waals surface area contributed by atoms with Crippen LogP contribution in [0, 0.1) is 6.92 Å². The Morgan fingerprint density at radius 2 is 1.65 bits per heavy atom. The first-order chi connectivity index (χ1) is 16.3. The van der Waals surface area contributed by atoms with Gasteiger partial charge in [0.2, 0.25) is 6.29 Å². The molecule has 0 aliphatic heterocycles. The SMILES string of the molecule is COc1ccc(C(=O)NC2(C(=O)O)Cc3ccccc3C2)cc1OC(C)Oc1cccc(C)c1. The fourth-order valence-electron chi connectivity index (χ4n) is 4.19. The second kappa shape index (κ2) is 9.47. The van der Waals surface area contributed by atoms with E-state index in [1.54, 1.807) is 19.1 Å². The van der Waals surface area contributed by atoms with Crippen LogP contribution in [0.25, 0.3) is 0 Å². The minimum atomic E-state index is -1.40. The van der Waals surface area contributed by atoms with E-state index in [1.807, 2.05) is 55.5 Å². The van der Waals surface area contributed by atoms with E-state index in [0.717, 1.165) is 16.7 Å². The summed E-state index contributed by atoms with van der Waals surface area (Å²) in [7, 11) is 1.50. The van der Waals surface area contributed by atoms with Gasteiger partial charge in [0.05, 0.1) is 7.11 Å². The number of amides is 1. The second-order valence-corrected chi connectivity index (χ2v) is 8.45. The number of fused-ring (bicyclic) bond motifs is 1. The van der Waals surface area contributed by atoms with Crippen molar-refractivity contribution in [2.45, 2.75) is 38.5 Å². The lowest BCUT2D eigenvalue weighted by Gasteiger charge is -2.26. The van der Waals surface area contributed by atoms with Gasteiger partial charge in [0.1, 0.15) is 11.3 Å². The number of aryl methyl sites for hydroxylation is 1. The molecule has 0 heterocycles. The monoisotopic (exact) mass is 461 g/mol. The van der Waals surface area contributed by atoms with E-state index in [0.29, 0.717) is 17.2 Å². The molecule has 7 heteroatoms. The van der Waals surface area contributed by atoms with Crippen molar-refractivity contribution < 1.29 is 28.9 Å². The van der Waals surface area contributed by atoms with Crippen molar-refractivity contribution >= 4 is 11.9 Å². The van der Waals surface area contributed by atoms with Crippen LogP contribution >= 0.6 is 0 Å². The molecule has 0 bridgehead atoms. The van der Waals surface area contributed by atoms with Crippen molar-refractivity contribution in [2.24, 2.45) is 0 Å². The van der Waals surface area contributed by atoms with E-state index in [9.17, 15) is 14.7 Å². The van der Waals surface area contributed by atoms with Gasteiger partial charge < -0.3 is 24.6 Å². The number of aliphatic carboxylic acids is 1. The first-order valence-corrected chi connectivity index (χ1v) is 11.0. The highest BCUT2D eigenvalue weighted by molar-refractivity contribution is 5.99. The van der Waals surface area contributed by atoms with Gasteiger partial charge in [0.25, 0.3) is 5.91 Å². The van der Waals surface area contributed by atoms with E-state index in [1.165, 1.54) is 13.2 Å². The quantitative estimate of drug-likeness (QED) is 0.489. The van der Waals surface area contributed by atoms with Gasteiger partial charge in [0, 0.05) is 25.3 Å². The van der Waals surface area contributed by atoms with Gasteiger partial charge in [-0.2, -0.15) is 0 Å². The summed E-state index contributed by atoms with van der Waals surface area (Å²) in [6.07, 6.45) is -0.209. The molecule has 2 N–H and O–H groups in total. The van der Waals surface area contributed by atoms with Crippen LogP contribution in [0.1, 0.15) is 34.0 Å². The highest BCUT2D eigenvalue weighted by Crippen LogP contribution is 2.33. The molecule has 4 rings (SSSR count). The summed E-state index contributed by atoms with van der Waals surface area (Å²) in [6.45, 7) is 3.71. The Hall–Kier alpha value is -4.00. The molecule has 0 aromatic heterocycles. The number of carboxylic acid groups (broad SMARTS) is 1. The van der Waals surface area contributed by atoms with Gasteiger partial charge >= 0.3 is 5.97 Å². The molecule has 1 aliphatic carbocycles. The molecule has 0 spiro atoms. The minimum absolute atomic E-state index is 0.227. The lowest BCUT2D eigenvalue weighted by atomic mass is 9.95. The van der Waals surface area contributed by atoms with Crippen molar-refractivity contribution in [3.8, 4) is 17.2 Å². The number of hydrogen-bond acceptors (Lipinski definition) is 5. The van der Waals surface area contributed by atoms with E-state index in [2.05, 4.69) is 5.32 Å². The number of carboxylic acids is 1. The number of rotatable bonds is 8. The third-order valence-electron chi connectivity index (χ3n) is 5.88. The van der Waals surface area contributed by atoms with E-state index < -0.39 is 23.7 Å². The van der Waals surface area contributed by atoms with Crippen LogP contribution in [0.15, 0.2) is 66.7 Å². The number of nitrogens with one attached hydrogen (secondary N) is 1. The third kappa shape index (κ3) is 4.83. The lowest BCUT2D eigenvalue weighted by molar-refractivity contribution is -0.144. The Balaban J connectivity index is 1.52. The molecule has 3 aromatic rings. The summed E-state index contributed by atoms with van der Waals surface area (Å²) < 4.78 is 17.1. The van der Waals surface area contributed by atoms with Crippen LogP contribution in [0.2, 0.25) is 0 Å². The first kappa shape index (κ1) is 23.2. The summed E-state index contributed by atoms with van der Waals surface area (Å²) in [6, 6.07) is 19.8. The van der Waals surface area contributed by atoms with Crippen molar-refractivity contribution in [1.29, 1.82) is 0 Å². The van der Waals surface area contributed by atoms with Crippen molar-refractivity contribution in [1.82, 2.24) is 5.32 Å². The molecule has 1 atom stereocenters. The summed E-state index contributed by atoms with van der Waals surface area (Å²) >= 11 is 0. The Bertz CT molecular complexity index is 1200. The van der Waals surface area contributed by atoms with Crippen molar-refractivity contribution in [2.75, 3.05) is 7.11 Å². The maximum absolute atomic E-state index is 13.1. The molecule has 3 aromatic carbocycles. The highest BCUT2D eigenvalue weighted by Gasteiger charge is 2.45. The first-order valence-electron chi connectivity index (χ1n) is 11.0. The smallest absolute Gasteiger partial charge is 0.330 e. The number of methoxy groups -OCH3 is 1. The maximum atomic E-state index is 13.1. The molecule has 7 nitrogen and oxygen atoms in total. The van der Waals surface area contributed by atoms with Gasteiger partial charge in [0.15, 0.2) is 11.5 Å². The summed E-state index contributed by atoms with van der Waals surface area (Å²) in [5, 5.41) is 12.7. The van der Waals surface area contributed by atoms with Crippen molar-refractivity contribution in [3.63, 3.8) is 0 Å². The van der Waals surface area contributed by atoms with Gasteiger partial charge in [-0.3, -0.25) is 4.79 Å². The number of carbonyl (C=O) groups is 2. The molecular weight excluding hydrogens is 434 g/mol. The summed E-state index contributed by atoms with van der Waals surface area (Å²) in [4.78, 5) is 25.3. The zero-order valence-electron chi connectivity index (χ0n) is 19.3.